The molecule has 0 aromatic rings. The Labute approximate surface area is 50.2 Å². The Morgan fingerprint density at radius 2 is 2.62 bits per heavy atom. The van der Waals surface area contributed by atoms with E-state index < -0.39 is 0 Å². The molecule has 0 aliphatic rings. The number of rotatable bonds is 3. The van der Waals surface area contributed by atoms with Crippen LogP contribution in [0.2, 0.25) is 0 Å². The molecule has 8 heavy (non-hydrogen) atoms. The van der Waals surface area contributed by atoms with Gasteiger partial charge in [-0.3, -0.25) is 0 Å². The molecule has 0 unspecified atom stereocenters. The van der Waals surface area contributed by atoms with Crippen LogP contribution in [0, 0.1) is 0 Å². The fraction of sp³-hybridized carbons (Fsp3) is 0.667. The van der Waals surface area contributed by atoms with E-state index in [1.54, 1.807) is 0 Å². The molecule has 0 spiro atoms. The molecule has 0 N–H and O–H groups in total. The third-order valence-corrected chi connectivity index (χ3v) is 0.850. The summed E-state index contributed by atoms with van der Waals surface area (Å²) in [4.78, 5) is 2.50. The molecule has 0 aliphatic heterocycles. The highest BCUT2D eigenvalue weighted by Crippen LogP contribution is 1.73. The third-order valence-electron chi connectivity index (χ3n) is 0.478. The smallest absolute Gasteiger partial charge is 0.0841 e. The summed E-state index contributed by atoms with van der Waals surface area (Å²) in [6.07, 6.45) is 0.554. The molecule has 0 saturated heterocycles. The molecular formula is C3H5N3OS. The second kappa shape index (κ2) is 6.20. The Hall–Kier alpha value is -0.800. The zero-order valence-corrected chi connectivity index (χ0v) is 4.97. The summed E-state index contributed by atoms with van der Waals surface area (Å²) in [5.41, 5.74) is 7.73. The van der Waals surface area contributed by atoms with Gasteiger partial charge in [0.05, 0.1) is 11.3 Å². The molecule has 44 valence electrons. The lowest BCUT2D eigenvalue weighted by atomic mass is 10.5. The van der Waals surface area contributed by atoms with Crippen molar-refractivity contribution in [1.82, 2.24) is 0 Å². The topological polar surface area (TPSA) is 65.8 Å². The van der Waals surface area contributed by atoms with Crippen molar-refractivity contribution in [2.24, 2.45) is 5.11 Å². The summed E-state index contributed by atoms with van der Waals surface area (Å²) in [5, 5.41) is 4.66. The van der Waals surface area contributed by atoms with Crippen molar-refractivity contribution in [3.63, 3.8) is 0 Å². The van der Waals surface area contributed by atoms with E-state index in [0.29, 0.717) is 24.2 Å². The van der Waals surface area contributed by atoms with Gasteiger partial charge in [0.1, 0.15) is 0 Å². The van der Waals surface area contributed by atoms with Crippen molar-refractivity contribution in [2.45, 2.75) is 6.42 Å². The Kier molecular flexibility index (Phi) is 5.58. The minimum absolute atomic E-state index is 0.381. The van der Waals surface area contributed by atoms with E-state index in [2.05, 4.69) is 10.0 Å². The summed E-state index contributed by atoms with van der Waals surface area (Å²) >= 11 is 0.394. The maximum Gasteiger partial charge on any atom is 0.0841 e. The molecule has 0 saturated carbocycles. The molecule has 0 heterocycles. The first-order valence-electron chi connectivity index (χ1n) is 2.03. The van der Waals surface area contributed by atoms with Gasteiger partial charge in [-0.1, -0.05) is 5.11 Å². The lowest BCUT2D eigenvalue weighted by Crippen LogP contribution is -1.77. The first kappa shape index (κ1) is 7.20. The quantitative estimate of drug-likeness (QED) is 0.183. The average molecular weight is 131 g/mol. The van der Waals surface area contributed by atoms with Gasteiger partial charge in [-0.05, 0) is 12.0 Å². The Balaban J connectivity index is 3.18. The van der Waals surface area contributed by atoms with E-state index >= 15 is 0 Å². The lowest BCUT2D eigenvalue weighted by Gasteiger charge is -1.73. The van der Waals surface area contributed by atoms with Gasteiger partial charge in [0.15, 0.2) is 0 Å². The first-order valence-corrected chi connectivity index (χ1v) is 2.83. The van der Waals surface area contributed by atoms with Gasteiger partial charge < -0.3 is 0 Å². The molecule has 0 fully saturated rings. The van der Waals surface area contributed by atoms with Gasteiger partial charge in [0.2, 0.25) is 0 Å². The Morgan fingerprint density at radius 3 is 3.12 bits per heavy atom. The predicted molar refractivity (Wildman–Crippen MR) is 32.8 cm³/mol. The van der Waals surface area contributed by atoms with Crippen LogP contribution >= 0.6 is 0 Å². The van der Waals surface area contributed by atoms with E-state index in [1.165, 1.54) is 5.37 Å². The van der Waals surface area contributed by atoms with Gasteiger partial charge in [-0.25, -0.2) is 4.21 Å². The lowest BCUT2D eigenvalue weighted by molar-refractivity contribution is 0.701. The summed E-state index contributed by atoms with van der Waals surface area (Å²) in [6, 6.07) is 0. The van der Waals surface area contributed by atoms with Crippen LogP contribution in [-0.4, -0.2) is 16.1 Å². The molecular weight excluding hydrogens is 126 g/mol. The van der Waals surface area contributed by atoms with E-state index in [0.717, 1.165) is 0 Å². The molecule has 0 bridgehead atoms. The summed E-state index contributed by atoms with van der Waals surface area (Å²) in [5.74, 6) is 0. The molecule has 4 nitrogen and oxygen atoms in total. The zero-order valence-electron chi connectivity index (χ0n) is 4.15. The molecule has 0 amide bonds. The fourth-order valence-electron chi connectivity index (χ4n) is 0.203. The highest BCUT2D eigenvalue weighted by Gasteiger charge is 1.72. The van der Waals surface area contributed by atoms with Gasteiger partial charge in [0.25, 0.3) is 0 Å². The zero-order chi connectivity index (χ0) is 6.24. The van der Waals surface area contributed by atoms with Gasteiger partial charge >= 0.3 is 0 Å². The van der Waals surface area contributed by atoms with Crippen molar-refractivity contribution in [2.75, 3.05) is 6.54 Å². The van der Waals surface area contributed by atoms with Crippen molar-refractivity contribution < 1.29 is 4.21 Å². The van der Waals surface area contributed by atoms with Gasteiger partial charge in [-0.2, -0.15) is 0 Å². The second-order valence-corrected chi connectivity index (χ2v) is 1.53. The van der Waals surface area contributed by atoms with Crippen LogP contribution in [0.3, 0.4) is 0 Å². The van der Waals surface area contributed by atoms with E-state index in [4.69, 9.17) is 5.53 Å². The predicted octanol–water partition coefficient (Wildman–Crippen LogP) is 0.702. The minimum Gasteiger partial charge on any atom is -0.213 e. The van der Waals surface area contributed by atoms with E-state index in [-0.39, 0.29) is 0 Å². The standard InChI is InChI=1S/C3H5N3OS/c4-6-5-2-1-3-8-7/h3H,1-2H2. The minimum atomic E-state index is 0.381. The molecule has 0 atom stereocenters. The molecule has 0 aliphatic carbocycles. The highest BCUT2D eigenvalue weighted by molar-refractivity contribution is 7.64. The summed E-state index contributed by atoms with van der Waals surface area (Å²) in [6.45, 7) is 0.381. The van der Waals surface area contributed by atoms with Gasteiger partial charge in [-0.15, -0.1) is 0 Å². The second-order valence-electron chi connectivity index (χ2n) is 1.01. The van der Waals surface area contributed by atoms with Crippen LogP contribution in [-0.2, 0) is 11.3 Å². The van der Waals surface area contributed by atoms with Gasteiger partial charge in [0, 0.05) is 16.8 Å². The highest BCUT2D eigenvalue weighted by atomic mass is 32.1. The van der Waals surface area contributed by atoms with Crippen molar-refractivity contribution >= 4 is 16.6 Å². The number of nitrogens with zero attached hydrogens (tertiary/aromatic N) is 3. The maximum atomic E-state index is 9.62. The van der Waals surface area contributed by atoms with Crippen LogP contribution < -0.4 is 0 Å². The molecule has 0 aromatic heterocycles. The monoisotopic (exact) mass is 131 g/mol. The van der Waals surface area contributed by atoms with Crippen molar-refractivity contribution in [3.8, 4) is 0 Å². The van der Waals surface area contributed by atoms with Crippen LogP contribution in [0.5, 0.6) is 0 Å². The number of hydrogen-bond acceptors (Lipinski definition) is 2. The van der Waals surface area contributed by atoms with Crippen LogP contribution in [0.15, 0.2) is 5.11 Å². The van der Waals surface area contributed by atoms with Crippen molar-refractivity contribution in [1.29, 1.82) is 0 Å². The number of azide groups is 1. The van der Waals surface area contributed by atoms with Crippen LogP contribution in [0.25, 0.3) is 10.4 Å². The summed E-state index contributed by atoms with van der Waals surface area (Å²) in [7, 11) is 0. The first-order chi connectivity index (χ1) is 3.91. The molecule has 0 rings (SSSR count). The normalized spacial score (nSPS) is 7.00. The third kappa shape index (κ3) is 5.20. The van der Waals surface area contributed by atoms with E-state index in [1.807, 2.05) is 0 Å². The number of hydrogen-bond donors (Lipinski definition) is 0. The van der Waals surface area contributed by atoms with Crippen molar-refractivity contribution in [3.05, 3.63) is 10.4 Å². The SMILES string of the molecule is [N-]=[N+]=NCCC=S=O. The Morgan fingerprint density at radius 1 is 1.88 bits per heavy atom. The molecule has 0 aromatic carbocycles. The van der Waals surface area contributed by atoms with Crippen LogP contribution in [0.4, 0.5) is 0 Å². The fourth-order valence-corrected chi connectivity index (χ4v) is 0.405. The average Bonchev–Trinajstić information content (AvgIpc) is 1.81. The van der Waals surface area contributed by atoms with E-state index in [9.17, 15) is 4.21 Å². The molecule has 5 heteroatoms. The molecule has 0 radical (unpaired) electrons. The largest absolute Gasteiger partial charge is 0.213 e. The summed E-state index contributed by atoms with van der Waals surface area (Å²) < 4.78 is 9.62. The van der Waals surface area contributed by atoms with Crippen LogP contribution in [0.1, 0.15) is 6.42 Å². The maximum absolute atomic E-state index is 9.62. The Bertz CT molecular complexity index is 127.